The van der Waals surface area contributed by atoms with Gasteiger partial charge in [-0.15, -0.1) is 11.8 Å². The molecule has 1 aromatic heterocycles. The predicted molar refractivity (Wildman–Crippen MR) is 120 cm³/mol. The molecule has 0 aliphatic carbocycles. The fourth-order valence-corrected chi connectivity index (χ4v) is 3.88. The number of thioether (sulfide) groups is 1. The summed E-state index contributed by atoms with van der Waals surface area (Å²) < 4.78 is 4.94. The van der Waals surface area contributed by atoms with Crippen LogP contribution in [0, 0.1) is 6.92 Å². The Bertz CT molecular complexity index is 860. The van der Waals surface area contributed by atoms with E-state index in [1.807, 2.05) is 23.1 Å². The summed E-state index contributed by atoms with van der Waals surface area (Å²) in [6.45, 7) is 7.59. The van der Waals surface area contributed by atoms with E-state index in [-0.39, 0.29) is 17.1 Å². The van der Waals surface area contributed by atoms with E-state index in [2.05, 4.69) is 39.7 Å². The number of nitrogens with one attached hydrogen (secondary N) is 1. The minimum Gasteiger partial charge on any atom is -0.360 e. The van der Waals surface area contributed by atoms with E-state index in [4.69, 9.17) is 4.52 Å². The lowest BCUT2D eigenvalue weighted by Crippen LogP contribution is -2.49. The zero-order valence-corrected chi connectivity index (χ0v) is 18.2. The number of benzene rings is 1. The van der Waals surface area contributed by atoms with Crippen LogP contribution in [0.4, 0.5) is 5.82 Å². The van der Waals surface area contributed by atoms with Gasteiger partial charge in [0, 0.05) is 38.8 Å². The van der Waals surface area contributed by atoms with Gasteiger partial charge in [0.15, 0.2) is 5.82 Å². The van der Waals surface area contributed by atoms with Crippen molar-refractivity contribution in [3.8, 4) is 0 Å². The van der Waals surface area contributed by atoms with Crippen molar-refractivity contribution in [1.82, 2.24) is 15.0 Å². The van der Waals surface area contributed by atoms with Gasteiger partial charge in [-0.05, 0) is 19.4 Å². The highest BCUT2D eigenvalue weighted by atomic mass is 32.2. The van der Waals surface area contributed by atoms with E-state index in [1.165, 1.54) is 17.3 Å². The molecular formula is C22H28N4O3S. The Morgan fingerprint density at radius 3 is 2.63 bits per heavy atom. The number of rotatable bonds is 8. The Hall–Kier alpha value is -2.58. The summed E-state index contributed by atoms with van der Waals surface area (Å²) in [6.07, 6.45) is 4.29. The second kappa shape index (κ2) is 11.0. The minimum atomic E-state index is -0.352. The lowest BCUT2D eigenvalue weighted by Gasteiger charge is -2.34. The van der Waals surface area contributed by atoms with E-state index < -0.39 is 0 Å². The highest BCUT2D eigenvalue weighted by molar-refractivity contribution is 8.01. The van der Waals surface area contributed by atoms with Gasteiger partial charge in [-0.1, -0.05) is 47.6 Å². The molecular weight excluding hydrogens is 400 g/mol. The van der Waals surface area contributed by atoms with Crippen molar-refractivity contribution in [3.63, 3.8) is 0 Å². The van der Waals surface area contributed by atoms with Gasteiger partial charge in [0.1, 0.15) is 5.76 Å². The molecule has 0 radical (unpaired) electrons. The largest absolute Gasteiger partial charge is 0.360 e. The number of carbonyl (C=O) groups excluding carboxylic acids is 2. The number of aromatic nitrogens is 1. The lowest BCUT2D eigenvalue weighted by molar-refractivity contribution is -0.130. The number of nitrogens with zero attached hydrogens (tertiary/aromatic N) is 3. The first-order chi connectivity index (χ1) is 14.5. The molecule has 1 aliphatic rings. The molecule has 2 aromatic rings. The van der Waals surface area contributed by atoms with Crippen LogP contribution in [0.1, 0.15) is 18.2 Å². The lowest BCUT2D eigenvalue weighted by atomic mass is 10.2. The van der Waals surface area contributed by atoms with E-state index in [0.717, 1.165) is 32.7 Å². The van der Waals surface area contributed by atoms with Gasteiger partial charge in [0.2, 0.25) is 11.8 Å². The topological polar surface area (TPSA) is 78.7 Å². The van der Waals surface area contributed by atoms with Crippen LogP contribution in [-0.2, 0) is 9.59 Å². The summed E-state index contributed by atoms with van der Waals surface area (Å²) in [5.41, 5.74) is 1.19. The zero-order valence-electron chi connectivity index (χ0n) is 17.4. The van der Waals surface area contributed by atoms with Crippen LogP contribution in [0.5, 0.6) is 0 Å². The molecule has 0 spiro atoms. The molecule has 1 atom stereocenters. The molecule has 3 rings (SSSR count). The monoisotopic (exact) mass is 428 g/mol. The van der Waals surface area contributed by atoms with Crippen molar-refractivity contribution in [2.75, 3.05) is 43.8 Å². The Kier molecular flexibility index (Phi) is 8.10. The fraction of sp³-hybridized carbons (Fsp3) is 0.409. The van der Waals surface area contributed by atoms with Crippen LogP contribution in [0.25, 0.3) is 6.08 Å². The first-order valence-corrected chi connectivity index (χ1v) is 11.1. The van der Waals surface area contributed by atoms with Crippen molar-refractivity contribution in [3.05, 3.63) is 53.8 Å². The van der Waals surface area contributed by atoms with Gasteiger partial charge in [0.25, 0.3) is 0 Å². The molecule has 1 aliphatic heterocycles. The van der Waals surface area contributed by atoms with Gasteiger partial charge in [-0.2, -0.15) is 0 Å². The number of anilines is 1. The highest BCUT2D eigenvalue weighted by Crippen LogP contribution is 2.16. The summed E-state index contributed by atoms with van der Waals surface area (Å²) in [5, 5.41) is 6.10. The molecule has 8 heteroatoms. The Morgan fingerprint density at radius 1 is 1.23 bits per heavy atom. The van der Waals surface area contributed by atoms with Crippen LogP contribution in [0.15, 0.2) is 47.0 Å². The minimum absolute atomic E-state index is 0.0800. The molecule has 1 unspecified atom stereocenters. The van der Waals surface area contributed by atoms with E-state index in [9.17, 15) is 9.59 Å². The Labute approximate surface area is 181 Å². The fourth-order valence-electron chi connectivity index (χ4n) is 3.10. The summed E-state index contributed by atoms with van der Waals surface area (Å²) >= 11 is 1.34. The van der Waals surface area contributed by atoms with Gasteiger partial charge in [-0.25, -0.2) is 0 Å². The van der Waals surface area contributed by atoms with Crippen molar-refractivity contribution >= 4 is 35.5 Å². The highest BCUT2D eigenvalue weighted by Gasteiger charge is 2.22. The van der Waals surface area contributed by atoms with Crippen LogP contribution in [-0.4, -0.2) is 70.5 Å². The molecule has 1 saturated heterocycles. The van der Waals surface area contributed by atoms with Gasteiger partial charge < -0.3 is 14.7 Å². The van der Waals surface area contributed by atoms with Crippen LogP contribution in [0.2, 0.25) is 0 Å². The third-order valence-electron chi connectivity index (χ3n) is 4.90. The van der Waals surface area contributed by atoms with Gasteiger partial charge >= 0.3 is 0 Å². The molecule has 1 aromatic carbocycles. The molecule has 2 heterocycles. The number of piperazine rings is 1. The quantitative estimate of drug-likeness (QED) is 0.697. The van der Waals surface area contributed by atoms with E-state index in [0.29, 0.717) is 17.3 Å². The molecule has 1 fully saturated rings. The van der Waals surface area contributed by atoms with E-state index >= 15 is 0 Å². The smallest absolute Gasteiger partial charge is 0.238 e. The Morgan fingerprint density at radius 2 is 1.97 bits per heavy atom. The first kappa shape index (κ1) is 22.1. The standard InChI is InChI=1S/C22H28N4O3S/c1-17-15-20(24-29-17)23-22(28)18(2)30-16-21(27)26-13-11-25(12-14-26)10-6-9-19-7-4-3-5-8-19/h3-9,15,18H,10-14,16H2,1-2H3,(H,23,24,28)/b9-6+. The number of hydrogen-bond acceptors (Lipinski definition) is 6. The average molecular weight is 429 g/mol. The maximum Gasteiger partial charge on any atom is 0.238 e. The SMILES string of the molecule is Cc1cc(NC(=O)C(C)SCC(=O)N2CCN(C/C=C/c3ccccc3)CC2)no1. The number of carbonyl (C=O) groups is 2. The molecule has 1 N–H and O–H groups in total. The maximum atomic E-state index is 12.5. The van der Waals surface area contributed by atoms with Crippen molar-refractivity contribution in [2.45, 2.75) is 19.1 Å². The summed E-state index contributed by atoms with van der Waals surface area (Å²) in [4.78, 5) is 28.9. The summed E-state index contributed by atoms with van der Waals surface area (Å²) in [5.74, 6) is 1.22. The normalized spacial score (nSPS) is 16.0. The van der Waals surface area contributed by atoms with Crippen molar-refractivity contribution in [1.29, 1.82) is 0 Å². The molecule has 7 nitrogen and oxygen atoms in total. The Balaban J connectivity index is 1.34. The first-order valence-electron chi connectivity index (χ1n) is 10.1. The maximum absolute atomic E-state index is 12.5. The third-order valence-corrected chi connectivity index (χ3v) is 6.03. The third kappa shape index (κ3) is 6.74. The molecule has 160 valence electrons. The predicted octanol–water partition coefficient (Wildman–Crippen LogP) is 2.90. The number of amides is 2. The van der Waals surface area contributed by atoms with Crippen LogP contribution < -0.4 is 5.32 Å². The van der Waals surface area contributed by atoms with Gasteiger partial charge in [-0.3, -0.25) is 14.5 Å². The van der Waals surface area contributed by atoms with E-state index in [1.54, 1.807) is 19.9 Å². The number of aryl methyl sites for hydroxylation is 1. The molecule has 0 saturated carbocycles. The zero-order chi connectivity index (χ0) is 21.3. The van der Waals surface area contributed by atoms with Crippen molar-refractivity contribution < 1.29 is 14.1 Å². The molecule has 0 bridgehead atoms. The van der Waals surface area contributed by atoms with Gasteiger partial charge in [0.05, 0.1) is 11.0 Å². The second-order valence-electron chi connectivity index (χ2n) is 7.26. The second-order valence-corrected chi connectivity index (χ2v) is 8.59. The van der Waals surface area contributed by atoms with Crippen LogP contribution in [0.3, 0.4) is 0 Å². The van der Waals surface area contributed by atoms with Crippen LogP contribution >= 0.6 is 11.8 Å². The van der Waals surface area contributed by atoms with Crippen molar-refractivity contribution in [2.24, 2.45) is 0 Å². The molecule has 2 amide bonds. The summed E-state index contributed by atoms with van der Waals surface area (Å²) in [7, 11) is 0. The average Bonchev–Trinajstić information content (AvgIpc) is 3.17. The number of hydrogen-bond donors (Lipinski definition) is 1. The molecule has 30 heavy (non-hydrogen) atoms. The summed E-state index contributed by atoms with van der Waals surface area (Å²) in [6, 6.07) is 11.9.